The van der Waals surface area contributed by atoms with E-state index in [1.54, 1.807) is 37.1 Å². The van der Waals surface area contributed by atoms with Gasteiger partial charge in [-0.05, 0) is 38.5 Å². The van der Waals surface area contributed by atoms with Crippen LogP contribution in [-0.4, -0.2) is 35.0 Å². The molecule has 0 aliphatic carbocycles. The van der Waals surface area contributed by atoms with E-state index in [9.17, 15) is 4.79 Å². The third-order valence-corrected chi connectivity index (χ3v) is 4.20. The van der Waals surface area contributed by atoms with Crippen molar-refractivity contribution in [3.05, 3.63) is 60.4 Å². The summed E-state index contributed by atoms with van der Waals surface area (Å²) in [5.74, 6) is 0.781. The van der Waals surface area contributed by atoms with E-state index in [0.717, 1.165) is 11.3 Å². The first-order valence-corrected chi connectivity index (χ1v) is 8.64. The van der Waals surface area contributed by atoms with Gasteiger partial charge in [-0.2, -0.15) is 5.10 Å². The van der Waals surface area contributed by atoms with Crippen LogP contribution in [0.4, 0.5) is 5.82 Å². The zero-order valence-corrected chi connectivity index (χ0v) is 15.3. The third-order valence-electron chi connectivity index (χ3n) is 4.20. The highest BCUT2D eigenvalue weighted by molar-refractivity contribution is 6.07. The van der Waals surface area contributed by atoms with E-state index in [4.69, 9.17) is 0 Å². The number of carbonyl (C=O) groups is 1. The van der Waals surface area contributed by atoms with E-state index in [-0.39, 0.29) is 17.6 Å². The molecule has 1 amide bonds. The molecule has 4 rings (SSSR count). The molecule has 0 saturated heterocycles. The van der Waals surface area contributed by atoms with Gasteiger partial charge in [-0.25, -0.2) is 9.97 Å². The summed E-state index contributed by atoms with van der Waals surface area (Å²) in [5.41, 5.74) is 2.76. The molecule has 1 N–H and O–H groups in total. The number of hydrogen-bond donors (Lipinski definition) is 1. The van der Waals surface area contributed by atoms with Crippen LogP contribution < -0.4 is 5.32 Å². The van der Waals surface area contributed by atoms with Gasteiger partial charge in [-0.3, -0.25) is 18.9 Å². The van der Waals surface area contributed by atoms with E-state index < -0.39 is 0 Å². The fraction of sp³-hybridized carbons (Fsp3) is 0.211. The number of anilines is 1. The second kappa shape index (κ2) is 6.64. The molecule has 8 nitrogen and oxygen atoms in total. The molecule has 0 bridgehead atoms. The Morgan fingerprint density at radius 3 is 2.74 bits per heavy atom. The highest BCUT2D eigenvalue weighted by Crippen LogP contribution is 2.24. The zero-order chi connectivity index (χ0) is 19.0. The minimum Gasteiger partial charge on any atom is -0.305 e. The fourth-order valence-corrected chi connectivity index (χ4v) is 2.91. The fourth-order valence-electron chi connectivity index (χ4n) is 2.91. The SMILES string of the molecule is Cc1ccc(NC(=O)c2nc(-c3ccnn3C(C)C)n3ccncc23)nc1. The predicted molar refractivity (Wildman–Crippen MR) is 102 cm³/mol. The molecule has 0 radical (unpaired) electrons. The van der Waals surface area contributed by atoms with Crippen LogP contribution in [0.1, 0.15) is 35.9 Å². The van der Waals surface area contributed by atoms with Crippen molar-refractivity contribution in [1.82, 2.24) is 29.1 Å². The first kappa shape index (κ1) is 16.9. The van der Waals surface area contributed by atoms with Crippen LogP contribution in [0.3, 0.4) is 0 Å². The van der Waals surface area contributed by atoms with Crippen molar-refractivity contribution >= 4 is 17.2 Å². The van der Waals surface area contributed by atoms with E-state index >= 15 is 0 Å². The molecule has 0 unspecified atom stereocenters. The Morgan fingerprint density at radius 2 is 2.00 bits per heavy atom. The molecule has 8 heteroatoms. The van der Waals surface area contributed by atoms with Crippen LogP contribution in [0.2, 0.25) is 0 Å². The van der Waals surface area contributed by atoms with Crippen molar-refractivity contribution < 1.29 is 4.79 Å². The first-order chi connectivity index (χ1) is 13.0. The van der Waals surface area contributed by atoms with E-state index in [1.807, 2.05) is 42.0 Å². The summed E-state index contributed by atoms with van der Waals surface area (Å²) in [4.78, 5) is 25.8. The van der Waals surface area contributed by atoms with Crippen molar-refractivity contribution in [2.45, 2.75) is 26.8 Å². The number of carbonyl (C=O) groups excluding carboxylic acids is 1. The summed E-state index contributed by atoms with van der Waals surface area (Å²) in [7, 11) is 0. The number of imidazole rings is 1. The molecule has 0 spiro atoms. The number of aromatic nitrogens is 6. The Bertz CT molecular complexity index is 1110. The molecule has 0 atom stereocenters. The molecule has 0 aromatic carbocycles. The van der Waals surface area contributed by atoms with Gasteiger partial charge in [0.2, 0.25) is 0 Å². The average Bonchev–Trinajstić information content (AvgIpc) is 3.28. The maximum absolute atomic E-state index is 12.8. The molecule has 4 aromatic heterocycles. The smallest absolute Gasteiger partial charge is 0.277 e. The monoisotopic (exact) mass is 361 g/mol. The molecule has 0 aliphatic heterocycles. The molecular formula is C19H19N7O. The van der Waals surface area contributed by atoms with Crippen LogP contribution in [0.15, 0.2) is 49.2 Å². The standard InChI is InChI=1S/C19H19N7O/c1-12(2)26-14(6-7-22-26)18-24-17(15-11-20-8-9-25(15)18)19(27)23-16-5-4-13(3)10-21-16/h4-12H,1-3H3,(H,21,23,27). The summed E-state index contributed by atoms with van der Waals surface area (Å²) in [6, 6.07) is 5.71. The zero-order valence-electron chi connectivity index (χ0n) is 15.3. The number of rotatable bonds is 4. The highest BCUT2D eigenvalue weighted by atomic mass is 16.2. The van der Waals surface area contributed by atoms with Gasteiger partial charge in [0.15, 0.2) is 11.5 Å². The van der Waals surface area contributed by atoms with Crippen molar-refractivity contribution in [1.29, 1.82) is 0 Å². The number of hydrogen-bond acceptors (Lipinski definition) is 5. The Labute approximate surface area is 155 Å². The van der Waals surface area contributed by atoms with Gasteiger partial charge in [0.25, 0.3) is 5.91 Å². The molecule has 0 fully saturated rings. The Hall–Kier alpha value is -3.55. The largest absolute Gasteiger partial charge is 0.305 e. The van der Waals surface area contributed by atoms with Gasteiger partial charge >= 0.3 is 0 Å². The van der Waals surface area contributed by atoms with Crippen molar-refractivity contribution in [2.24, 2.45) is 0 Å². The van der Waals surface area contributed by atoms with Gasteiger partial charge in [0.05, 0.1) is 11.7 Å². The maximum atomic E-state index is 12.8. The quantitative estimate of drug-likeness (QED) is 0.603. The van der Waals surface area contributed by atoms with Crippen molar-refractivity contribution in [3.8, 4) is 11.5 Å². The van der Waals surface area contributed by atoms with Gasteiger partial charge in [-0.15, -0.1) is 0 Å². The lowest BCUT2D eigenvalue weighted by Crippen LogP contribution is -2.14. The van der Waals surface area contributed by atoms with E-state index in [0.29, 0.717) is 17.2 Å². The molecule has 136 valence electrons. The normalized spacial score (nSPS) is 11.3. The predicted octanol–water partition coefficient (Wildman–Crippen LogP) is 3.13. The van der Waals surface area contributed by atoms with Crippen LogP contribution in [-0.2, 0) is 0 Å². The highest BCUT2D eigenvalue weighted by Gasteiger charge is 2.21. The van der Waals surface area contributed by atoms with Gasteiger partial charge in [-0.1, -0.05) is 6.07 Å². The second-order valence-corrected chi connectivity index (χ2v) is 6.55. The molecule has 4 aromatic rings. The molecule has 27 heavy (non-hydrogen) atoms. The molecular weight excluding hydrogens is 342 g/mol. The lowest BCUT2D eigenvalue weighted by atomic mass is 10.3. The summed E-state index contributed by atoms with van der Waals surface area (Å²) >= 11 is 0. The number of amides is 1. The van der Waals surface area contributed by atoms with E-state index in [2.05, 4.69) is 25.4 Å². The lowest BCUT2D eigenvalue weighted by molar-refractivity contribution is 0.102. The van der Waals surface area contributed by atoms with Crippen molar-refractivity contribution in [2.75, 3.05) is 5.32 Å². The Balaban J connectivity index is 1.79. The number of fused-ring (bicyclic) bond motifs is 1. The minimum atomic E-state index is -0.335. The summed E-state index contributed by atoms with van der Waals surface area (Å²) in [6.45, 7) is 6.03. The van der Waals surface area contributed by atoms with Crippen LogP contribution in [0.25, 0.3) is 17.0 Å². The number of nitrogens with one attached hydrogen (secondary N) is 1. The minimum absolute atomic E-state index is 0.165. The number of pyridine rings is 1. The van der Waals surface area contributed by atoms with Gasteiger partial charge < -0.3 is 5.32 Å². The van der Waals surface area contributed by atoms with Crippen LogP contribution >= 0.6 is 0 Å². The van der Waals surface area contributed by atoms with E-state index in [1.165, 1.54) is 0 Å². The number of nitrogens with zero attached hydrogens (tertiary/aromatic N) is 6. The number of aryl methyl sites for hydroxylation is 1. The third kappa shape index (κ3) is 3.05. The Morgan fingerprint density at radius 1 is 1.15 bits per heavy atom. The van der Waals surface area contributed by atoms with Crippen LogP contribution in [0.5, 0.6) is 0 Å². The first-order valence-electron chi connectivity index (χ1n) is 8.64. The second-order valence-electron chi connectivity index (χ2n) is 6.55. The summed E-state index contributed by atoms with van der Waals surface area (Å²) in [6.07, 6.45) is 8.51. The van der Waals surface area contributed by atoms with Gasteiger partial charge in [0.1, 0.15) is 11.5 Å². The van der Waals surface area contributed by atoms with Crippen LogP contribution in [0, 0.1) is 6.92 Å². The molecule has 0 aliphatic rings. The maximum Gasteiger partial charge on any atom is 0.277 e. The van der Waals surface area contributed by atoms with Gasteiger partial charge in [0, 0.05) is 30.8 Å². The average molecular weight is 361 g/mol. The lowest BCUT2D eigenvalue weighted by Gasteiger charge is -2.09. The Kier molecular flexibility index (Phi) is 4.15. The topological polar surface area (TPSA) is 90.0 Å². The van der Waals surface area contributed by atoms with Crippen molar-refractivity contribution in [3.63, 3.8) is 0 Å². The molecule has 4 heterocycles. The summed E-state index contributed by atoms with van der Waals surface area (Å²) < 4.78 is 3.72. The molecule has 0 saturated carbocycles. The summed E-state index contributed by atoms with van der Waals surface area (Å²) in [5, 5.41) is 7.16.